The summed E-state index contributed by atoms with van der Waals surface area (Å²) < 4.78 is 4.81. The van der Waals surface area contributed by atoms with Gasteiger partial charge in [-0.2, -0.15) is 15.2 Å². The number of aromatic nitrogens is 3. The second-order valence-corrected chi connectivity index (χ2v) is 2.98. The Morgan fingerprint density at radius 1 is 1.56 bits per heavy atom. The average Bonchev–Trinajstić information content (AvgIpc) is 2.78. The van der Waals surface area contributed by atoms with Crippen LogP contribution in [0.1, 0.15) is 5.76 Å². The lowest BCUT2D eigenvalue weighted by Gasteiger charge is -1.94. The zero-order chi connectivity index (χ0) is 13.0. The molecular weight excluding hydrogens is 244 g/mol. The standard InChI is InChI=1S/C8H6N6O4/c15-8-11-6(4-10-13-8)12-9-3-5-1-2-7(18-5)14(16)17/h1-4H,(H2,11,12,13,15)/b9-3+. The predicted octanol–water partition coefficient (Wildman–Crippen LogP) is 0.112. The summed E-state index contributed by atoms with van der Waals surface area (Å²) in [4.78, 5) is 24.0. The number of furan rings is 1. The van der Waals surface area contributed by atoms with E-state index < -0.39 is 10.6 Å². The lowest BCUT2D eigenvalue weighted by atomic mass is 10.5. The number of aromatic amines is 1. The average molecular weight is 250 g/mol. The molecule has 0 saturated heterocycles. The zero-order valence-corrected chi connectivity index (χ0v) is 8.73. The number of hydrogen-bond acceptors (Lipinski definition) is 8. The molecule has 10 heteroatoms. The van der Waals surface area contributed by atoms with Crippen molar-refractivity contribution in [1.82, 2.24) is 15.2 Å². The van der Waals surface area contributed by atoms with Crippen molar-refractivity contribution >= 4 is 17.9 Å². The highest BCUT2D eigenvalue weighted by atomic mass is 16.6. The van der Waals surface area contributed by atoms with Gasteiger partial charge >= 0.3 is 11.6 Å². The van der Waals surface area contributed by atoms with E-state index in [1.54, 1.807) is 0 Å². The maximum absolute atomic E-state index is 10.8. The van der Waals surface area contributed by atoms with E-state index in [1.165, 1.54) is 24.5 Å². The summed E-state index contributed by atoms with van der Waals surface area (Å²) in [6.45, 7) is 0. The van der Waals surface area contributed by atoms with Crippen LogP contribution in [0.4, 0.5) is 11.7 Å². The third-order valence-electron chi connectivity index (χ3n) is 1.73. The SMILES string of the molecule is O=c1nc(N/N=C/c2ccc([N+](=O)[O-])o2)cn[nH]1. The van der Waals surface area contributed by atoms with Gasteiger partial charge in [0.1, 0.15) is 4.92 Å². The van der Waals surface area contributed by atoms with Gasteiger partial charge in [0.25, 0.3) is 0 Å². The number of hydrazone groups is 1. The predicted molar refractivity (Wildman–Crippen MR) is 59.2 cm³/mol. The summed E-state index contributed by atoms with van der Waals surface area (Å²) in [7, 11) is 0. The highest BCUT2D eigenvalue weighted by Gasteiger charge is 2.09. The second kappa shape index (κ2) is 4.86. The minimum absolute atomic E-state index is 0.135. The molecule has 0 aliphatic rings. The van der Waals surface area contributed by atoms with Crippen molar-refractivity contribution in [2.45, 2.75) is 0 Å². The number of anilines is 1. The molecule has 0 aromatic carbocycles. The first kappa shape index (κ1) is 11.4. The van der Waals surface area contributed by atoms with Gasteiger partial charge in [0.15, 0.2) is 11.6 Å². The van der Waals surface area contributed by atoms with Gasteiger partial charge in [0.2, 0.25) is 0 Å². The van der Waals surface area contributed by atoms with Gasteiger partial charge in [0.05, 0.1) is 18.5 Å². The van der Waals surface area contributed by atoms with E-state index in [-0.39, 0.29) is 17.5 Å². The molecule has 2 rings (SSSR count). The molecule has 2 N–H and O–H groups in total. The Morgan fingerprint density at radius 2 is 2.39 bits per heavy atom. The van der Waals surface area contributed by atoms with Crippen LogP contribution in [0.5, 0.6) is 0 Å². The Bertz CT molecular complexity index is 645. The van der Waals surface area contributed by atoms with Gasteiger partial charge in [-0.25, -0.2) is 9.89 Å². The summed E-state index contributed by atoms with van der Waals surface area (Å²) in [5, 5.41) is 19.6. The summed E-state index contributed by atoms with van der Waals surface area (Å²) in [5.74, 6) is -0.0598. The van der Waals surface area contributed by atoms with Crippen LogP contribution in [0.2, 0.25) is 0 Å². The number of hydrogen-bond donors (Lipinski definition) is 2. The topological polar surface area (TPSA) is 139 Å². The van der Waals surface area contributed by atoms with Crippen LogP contribution in [-0.4, -0.2) is 26.3 Å². The maximum Gasteiger partial charge on any atom is 0.433 e. The molecule has 0 amide bonds. The fourth-order valence-corrected chi connectivity index (χ4v) is 1.04. The Hall–Kier alpha value is -3.04. The number of rotatable bonds is 4. The van der Waals surface area contributed by atoms with Gasteiger partial charge in [0, 0.05) is 0 Å². The van der Waals surface area contributed by atoms with E-state index in [0.29, 0.717) is 0 Å². The molecule has 2 heterocycles. The third kappa shape index (κ3) is 2.75. The van der Waals surface area contributed by atoms with Crippen molar-refractivity contribution in [1.29, 1.82) is 0 Å². The van der Waals surface area contributed by atoms with Crippen molar-refractivity contribution < 1.29 is 9.34 Å². The first-order valence-electron chi connectivity index (χ1n) is 4.60. The molecule has 18 heavy (non-hydrogen) atoms. The van der Waals surface area contributed by atoms with Crippen LogP contribution in [0.15, 0.2) is 32.6 Å². The van der Waals surface area contributed by atoms with E-state index in [9.17, 15) is 14.9 Å². The van der Waals surface area contributed by atoms with Crippen LogP contribution in [0, 0.1) is 10.1 Å². The summed E-state index contributed by atoms with van der Waals surface area (Å²) in [6, 6.07) is 2.58. The molecule has 0 radical (unpaired) electrons. The van der Waals surface area contributed by atoms with Crippen molar-refractivity contribution in [3.05, 3.63) is 44.7 Å². The summed E-state index contributed by atoms with van der Waals surface area (Å²) >= 11 is 0. The van der Waals surface area contributed by atoms with Crippen molar-refractivity contribution in [2.75, 3.05) is 5.43 Å². The Labute approximate surface area is 98.5 Å². The second-order valence-electron chi connectivity index (χ2n) is 2.98. The third-order valence-corrected chi connectivity index (χ3v) is 1.73. The highest BCUT2D eigenvalue weighted by molar-refractivity contribution is 5.76. The van der Waals surface area contributed by atoms with E-state index in [4.69, 9.17) is 4.42 Å². The lowest BCUT2D eigenvalue weighted by Crippen LogP contribution is -2.13. The van der Waals surface area contributed by atoms with E-state index in [1.807, 2.05) is 0 Å². The highest BCUT2D eigenvalue weighted by Crippen LogP contribution is 2.13. The first-order chi connectivity index (χ1) is 8.65. The molecule has 10 nitrogen and oxygen atoms in total. The monoisotopic (exact) mass is 250 g/mol. The summed E-state index contributed by atoms with van der Waals surface area (Å²) in [5.41, 5.74) is 1.80. The van der Waals surface area contributed by atoms with Crippen LogP contribution < -0.4 is 11.1 Å². The Morgan fingerprint density at radius 3 is 3.06 bits per heavy atom. The molecular formula is C8H6N6O4. The molecule has 0 spiro atoms. The maximum atomic E-state index is 10.8. The van der Waals surface area contributed by atoms with Gasteiger partial charge in [-0.15, -0.1) is 0 Å². The molecule has 0 saturated carbocycles. The molecule has 2 aromatic rings. The fourth-order valence-electron chi connectivity index (χ4n) is 1.04. The number of nitro groups is 1. The van der Waals surface area contributed by atoms with Crippen molar-refractivity contribution in [3.63, 3.8) is 0 Å². The minimum atomic E-state index is -0.660. The smallest absolute Gasteiger partial charge is 0.400 e. The minimum Gasteiger partial charge on any atom is -0.400 e. The first-order valence-corrected chi connectivity index (χ1v) is 4.60. The van der Waals surface area contributed by atoms with E-state index in [2.05, 4.69) is 25.7 Å². The van der Waals surface area contributed by atoms with Crippen LogP contribution in [0.25, 0.3) is 0 Å². The molecule has 0 aliphatic heterocycles. The van der Waals surface area contributed by atoms with E-state index >= 15 is 0 Å². The number of nitrogens with one attached hydrogen (secondary N) is 2. The molecule has 0 unspecified atom stereocenters. The molecule has 0 aliphatic carbocycles. The van der Waals surface area contributed by atoms with Crippen molar-refractivity contribution in [3.8, 4) is 0 Å². The fraction of sp³-hybridized carbons (Fsp3) is 0. The normalized spacial score (nSPS) is 10.7. The van der Waals surface area contributed by atoms with Crippen LogP contribution in [0.3, 0.4) is 0 Å². The lowest BCUT2D eigenvalue weighted by molar-refractivity contribution is -0.402. The summed E-state index contributed by atoms with van der Waals surface area (Å²) in [6.07, 6.45) is 2.46. The van der Waals surface area contributed by atoms with Crippen molar-refractivity contribution in [2.24, 2.45) is 5.10 Å². The molecule has 0 fully saturated rings. The van der Waals surface area contributed by atoms with Crippen LogP contribution >= 0.6 is 0 Å². The zero-order valence-electron chi connectivity index (χ0n) is 8.73. The van der Waals surface area contributed by atoms with Gasteiger partial charge in [-0.05, 0) is 6.07 Å². The number of nitrogens with zero attached hydrogens (tertiary/aromatic N) is 4. The number of H-pyrrole nitrogens is 1. The molecule has 0 atom stereocenters. The molecule has 92 valence electrons. The molecule has 0 bridgehead atoms. The molecule has 2 aromatic heterocycles. The van der Waals surface area contributed by atoms with E-state index in [0.717, 1.165) is 0 Å². The Balaban J connectivity index is 2.03. The largest absolute Gasteiger partial charge is 0.433 e. The van der Waals surface area contributed by atoms with Gasteiger partial charge in [-0.1, -0.05) is 0 Å². The quantitative estimate of drug-likeness (QED) is 0.445. The van der Waals surface area contributed by atoms with Crippen LogP contribution in [-0.2, 0) is 0 Å². The van der Waals surface area contributed by atoms with Gasteiger partial charge in [-0.3, -0.25) is 15.5 Å². The van der Waals surface area contributed by atoms with Gasteiger partial charge < -0.3 is 4.42 Å². The Kier molecular flexibility index (Phi) is 3.09.